The molecule has 0 radical (unpaired) electrons. The molecule has 0 saturated heterocycles. The summed E-state index contributed by atoms with van der Waals surface area (Å²) in [4.78, 5) is 23.8. The SMILES string of the molecule is COc1ccc2cc(/C=C/C(=O)OCC(=O)Nc3ccc(C)cc3Cl)ccc2c1. The van der Waals surface area contributed by atoms with Gasteiger partial charge < -0.3 is 14.8 Å². The van der Waals surface area contributed by atoms with E-state index in [1.807, 2.05) is 49.4 Å². The van der Waals surface area contributed by atoms with Gasteiger partial charge in [0.1, 0.15) is 5.75 Å². The first kappa shape index (κ1) is 20.4. The number of ether oxygens (including phenoxy) is 2. The number of benzene rings is 3. The second-order valence-electron chi connectivity index (χ2n) is 6.45. The quantitative estimate of drug-likeness (QED) is 0.459. The highest BCUT2D eigenvalue weighted by Crippen LogP contribution is 2.23. The number of carbonyl (C=O) groups excluding carboxylic acids is 2. The van der Waals surface area contributed by atoms with Gasteiger partial charge >= 0.3 is 5.97 Å². The largest absolute Gasteiger partial charge is 0.497 e. The second kappa shape index (κ2) is 9.26. The first-order valence-corrected chi connectivity index (χ1v) is 9.31. The van der Waals surface area contributed by atoms with E-state index in [0.717, 1.165) is 27.6 Å². The summed E-state index contributed by atoms with van der Waals surface area (Å²) in [6, 6.07) is 16.8. The molecule has 148 valence electrons. The lowest BCUT2D eigenvalue weighted by molar-refractivity contribution is -0.142. The lowest BCUT2D eigenvalue weighted by Crippen LogP contribution is -2.20. The Morgan fingerprint density at radius 3 is 2.55 bits per heavy atom. The van der Waals surface area contributed by atoms with E-state index in [1.165, 1.54) is 6.08 Å². The number of aryl methyl sites for hydroxylation is 1. The minimum Gasteiger partial charge on any atom is -0.497 e. The summed E-state index contributed by atoms with van der Waals surface area (Å²) in [5.41, 5.74) is 2.30. The zero-order valence-corrected chi connectivity index (χ0v) is 16.8. The summed E-state index contributed by atoms with van der Waals surface area (Å²) in [7, 11) is 1.62. The van der Waals surface area contributed by atoms with Crippen molar-refractivity contribution in [2.75, 3.05) is 19.0 Å². The van der Waals surface area contributed by atoms with Crippen LogP contribution in [0.5, 0.6) is 5.75 Å². The summed E-state index contributed by atoms with van der Waals surface area (Å²) in [5.74, 6) is -0.281. The molecule has 0 aliphatic carbocycles. The Bertz CT molecular complexity index is 1090. The monoisotopic (exact) mass is 409 g/mol. The number of rotatable bonds is 6. The maximum atomic E-state index is 11.9. The smallest absolute Gasteiger partial charge is 0.331 e. The third kappa shape index (κ3) is 5.59. The second-order valence-corrected chi connectivity index (χ2v) is 6.85. The third-order valence-electron chi connectivity index (χ3n) is 4.23. The maximum Gasteiger partial charge on any atom is 0.331 e. The van der Waals surface area contributed by atoms with Crippen LogP contribution in [0.3, 0.4) is 0 Å². The Labute approximate surface area is 173 Å². The van der Waals surface area contributed by atoms with Gasteiger partial charge in [0, 0.05) is 6.08 Å². The highest BCUT2D eigenvalue weighted by Gasteiger charge is 2.08. The highest BCUT2D eigenvalue weighted by atomic mass is 35.5. The van der Waals surface area contributed by atoms with Crippen molar-refractivity contribution in [3.63, 3.8) is 0 Å². The van der Waals surface area contributed by atoms with Gasteiger partial charge in [0.05, 0.1) is 17.8 Å². The fraction of sp³-hybridized carbons (Fsp3) is 0.130. The predicted octanol–water partition coefficient (Wildman–Crippen LogP) is 5.01. The predicted molar refractivity (Wildman–Crippen MR) is 115 cm³/mol. The van der Waals surface area contributed by atoms with E-state index >= 15 is 0 Å². The zero-order valence-electron chi connectivity index (χ0n) is 16.1. The third-order valence-corrected chi connectivity index (χ3v) is 4.54. The average molecular weight is 410 g/mol. The lowest BCUT2D eigenvalue weighted by Gasteiger charge is -2.08. The van der Waals surface area contributed by atoms with Crippen molar-refractivity contribution < 1.29 is 19.1 Å². The van der Waals surface area contributed by atoms with Crippen LogP contribution in [0.4, 0.5) is 5.69 Å². The van der Waals surface area contributed by atoms with Crippen molar-refractivity contribution >= 4 is 46.0 Å². The van der Waals surface area contributed by atoms with E-state index < -0.39 is 18.5 Å². The molecule has 0 unspecified atom stereocenters. The number of hydrogen-bond donors (Lipinski definition) is 1. The molecule has 1 N–H and O–H groups in total. The van der Waals surface area contributed by atoms with E-state index in [9.17, 15) is 9.59 Å². The van der Waals surface area contributed by atoms with Crippen molar-refractivity contribution in [1.29, 1.82) is 0 Å². The highest BCUT2D eigenvalue weighted by molar-refractivity contribution is 6.33. The normalized spacial score (nSPS) is 10.9. The number of anilines is 1. The van der Waals surface area contributed by atoms with Gasteiger partial charge in [0.15, 0.2) is 6.61 Å². The number of methoxy groups -OCH3 is 1. The molecule has 0 aromatic heterocycles. The molecule has 0 bridgehead atoms. The van der Waals surface area contributed by atoms with E-state index in [1.54, 1.807) is 25.3 Å². The molecule has 3 aromatic carbocycles. The number of nitrogens with one attached hydrogen (secondary N) is 1. The molecule has 0 atom stereocenters. The first-order valence-electron chi connectivity index (χ1n) is 8.93. The van der Waals surface area contributed by atoms with Crippen molar-refractivity contribution in [3.05, 3.63) is 76.8 Å². The molecule has 29 heavy (non-hydrogen) atoms. The van der Waals surface area contributed by atoms with Crippen LogP contribution >= 0.6 is 11.6 Å². The number of esters is 1. The maximum absolute atomic E-state index is 11.9. The van der Waals surface area contributed by atoms with Crippen LogP contribution in [0.1, 0.15) is 11.1 Å². The Kier molecular flexibility index (Phi) is 6.52. The van der Waals surface area contributed by atoms with Gasteiger partial charge in [-0.2, -0.15) is 0 Å². The molecule has 3 rings (SSSR count). The van der Waals surface area contributed by atoms with Crippen LogP contribution in [0.2, 0.25) is 5.02 Å². The van der Waals surface area contributed by atoms with E-state index in [0.29, 0.717) is 10.7 Å². The summed E-state index contributed by atoms with van der Waals surface area (Å²) in [5, 5.41) is 5.10. The molecule has 5 nitrogen and oxygen atoms in total. The molecule has 0 aliphatic heterocycles. The number of fused-ring (bicyclic) bond motifs is 1. The molecule has 0 aliphatic rings. The molecule has 6 heteroatoms. The van der Waals surface area contributed by atoms with Gasteiger partial charge in [-0.15, -0.1) is 0 Å². The summed E-state index contributed by atoms with van der Waals surface area (Å²) >= 11 is 6.07. The Hall–Kier alpha value is -3.31. The Morgan fingerprint density at radius 1 is 1.03 bits per heavy atom. The fourth-order valence-electron chi connectivity index (χ4n) is 2.73. The molecule has 0 heterocycles. The molecule has 0 saturated carbocycles. The number of hydrogen-bond acceptors (Lipinski definition) is 4. The molecule has 0 spiro atoms. The number of amides is 1. The van der Waals surface area contributed by atoms with Crippen LogP contribution < -0.4 is 10.1 Å². The van der Waals surface area contributed by atoms with Crippen LogP contribution in [-0.4, -0.2) is 25.6 Å². The summed E-state index contributed by atoms with van der Waals surface area (Å²) in [6.45, 7) is 1.50. The number of carbonyl (C=O) groups is 2. The van der Waals surface area contributed by atoms with Crippen LogP contribution in [0.25, 0.3) is 16.8 Å². The van der Waals surface area contributed by atoms with Gasteiger partial charge in [0.2, 0.25) is 0 Å². The van der Waals surface area contributed by atoms with Gasteiger partial charge in [-0.25, -0.2) is 4.79 Å². The zero-order chi connectivity index (χ0) is 20.8. The summed E-state index contributed by atoms with van der Waals surface area (Å²) < 4.78 is 10.2. The minimum absolute atomic E-state index is 0.398. The van der Waals surface area contributed by atoms with Crippen molar-refractivity contribution in [1.82, 2.24) is 0 Å². The Balaban J connectivity index is 1.55. The number of halogens is 1. The fourth-order valence-corrected chi connectivity index (χ4v) is 3.01. The van der Waals surface area contributed by atoms with Crippen LogP contribution in [0.15, 0.2) is 60.7 Å². The molecule has 0 fully saturated rings. The van der Waals surface area contributed by atoms with Crippen molar-refractivity contribution in [2.45, 2.75) is 6.92 Å². The van der Waals surface area contributed by atoms with Crippen LogP contribution in [0, 0.1) is 6.92 Å². The minimum atomic E-state index is -0.606. The van der Waals surface area contributed by atoms with Gasteiger partial charge in [-0.3, -0.25) is 4.79 Å². The molecule has 1 amide bonds. The van der Waals surface area contributed by atoms with E-state index in [2.05, 4.69) is 5.32 Å². The van der Waals surface area contributed by atoms with Crippen molar-refractivity contribution in [3.8, 4) is 5.75 Å². The standard InChI is InChI=1S/C23H20ClNO4/c1-15-3-9-21(20(24)11-15)25-22(26)14-29-23(27)10-5-16-4-6-18-13-19(28-2)8-7-17(18)12-16/h3-13H,14H2,1-2H3,(H,25,26)/b10-5+. The van der Waals surface area contributed by atoms with Crippen molar-refractivity contribution in [2.24, 2.45) is 0 Å². The first-order chi connectivity index (χ1) is 13.9. The molecular formula is C23H20ClNO4. The summed E-state index contributed by atoms with van der Waals surface area (Å²) in [6.07, 6.45) is 2.93. The van der Waals surface area contributed by atoms with E-state index in [-0.39, 0.29) is 0 Å². The topological polar surface area (TPSA) is 64.6 Å². The van der Waals surface area contributed by atoms with Gasteiger partial charge in [-0.1, -0.05) is 35.9 Å². The van der Waals surface area contributed by atoms with E-state index in [4.69, 9.17) is 21.1 Å². The molecular weight excluding hydrogens is 390 g/mol. The molecule has 3 aromatic rings. The lowest BCUT2D eigenvalue weighted by atomic mass is 10.1. The van der Waals surface area contributed by atoms with Gasteiger partial charge in [0.25, 0.3) is 5.91 Å². The Morgan fingerprint density at radius 2 is 1.79 bits per heavy atom. The average Bonchev–Trinajstić information content (AvgIpc) is 2.72. The van der Waals surface area contributed by atoms with Crippen LogP contribution in [-0.2, 0) is 14.3 Å². The van der Waals surface area contributed by atoms with Gasteiger partial charge in [-0.05, 0) is 65.2 Å².